The highest BCUT2D eigenvalue weighted by Gasteiger charge is 2.37. The van der Waals surface area contributed by atoms with Crippen LogP contribution in [0, 0.1) is 11.7 Å². The van der Waals surface area contributed by atoms with E-state index in [9.17, 15) is 31.0 Å². The maximum Gasteiger partial charge on any atom is 0.433 e. The van der Waals surface area contributed by atoms with Crippen LogP contribution < -0.4 is 10.2 Å². The zero-order valence-electron chi connectivity index (χ0n) is 17.9. The van der Waals surface area contributed by atoms with E-state index in [1.165, 1.54) is 42.3 Å². The minimum atomic E-state index is -4.78. The first kappa shape index (κ1) is 24.9. The Balaban J connectivity index is 2.04. The van der Waals surface area contributed by atoms with Crippen LogP contribution >= 0.6 is 0 Å². The van der Waals surface area contributed by atoms with Gasteiger partial charge in [0.05, 0.1) is 15.3 Å². The molecule has 0 radical (unpaired) electrons. The van der Waals surface area contributed by atoms with E-state index in [0.717, 1.165) is 6.07 Å². The normalized spacial score (nSPS) is 18.3. The first-order chi connectivity index (χ1) is 15.2. The van der Waals surface area contributed by atoms with Crippen molar-refractivity contribution in [2.24, 2.45) is 0 Å². The van der Waals surface area contributed by atoms with Gasteiger partial charge in [0.2, 0.25) is 5.92 Å². The summed E-state index contributed by atoms with van der Waals surface area (Å²) in [5.41, 5.74) is -1.21. The van der Waals surface area contributed by atoms with Crippen molar-refractivity contribution in [3.8, 4) is 0 Å². The molecular weight excluding hydrogens is 467 g/mol. The molecule has 0 saturated carbocycles. The second-order valence-electron chi connectivity index (χ2n) is 8.04. The van der Waals surface area contributed by atoms with Crippen molar-refractivity contribution in [3.63, 3.8) is 0 Å². The zero-order valence-corrected chi connectivity index (χ0v) is 18.7. The number of carbonyl (C=O) groups excluding carboxylic acids is 1. The Hall–Kier alpha value is -2.76. The second kappa shape index (κ2) is 8.88. The topological polar surface area (TPSA) is 86.2 Å². The fourth-order valence-electron chi connectivity index (χ4n) is 3.60. The summed E-state index contributed by atoms with van der Waals surface area (Å²) in [4.78, 5) is 18.2. The number of alkyl halides is 5. The zero-order chi connectivity index (χ0) is 24.6. The van der Waals surface area contributed by atoms with Crippen LogP contribution in [0.2, 0.25) is 0 Å². The molecule has 1 atom stereocenters. The Morgan fingerprint density at radius 3 is 2.55 bits per heavy atom. The molecule has 1 aliphatic heterocycles. The summed E-state index contributed by atoms with van der Waals surface area (Å²) >= 11 is 0. The molecule has 1 aromatic carbocycles. The van der Waals surface area contributed by atoms with E-state index < -0.39 is 46.3 Å². The molecule has 0 bridgehead atoms. The first-order valence-corrected chi connectivity index (χ1v) is 12.0. The highest BCUT2D eigenvalue weighted by molar-refractivity contribution is 7.91. The predicted octanol–water partition coefficient (Wildman–Crippen LogP) is 5.32. The monoisotopic (exact) mass is 490 g/mol. The van der Waals surface area contributed by atoms with Gasteiger partial charge in [-0.15, -0.1) is 0 Å². The van der Waals surface area contributed by atoms with Crippen LogP contribution in [0.3, 0.4) is 0 Å². The number of aryl methyl sites for hydroxylation is 1. The van der Waals surface area contributed by atoms with Crippen LogP contribution in [0.5, 0.6) is 0 Å². The van der Waals surface area contributed by atoms with Gasteiger partial charge in [0, 0.05) is 42.8 Å². The Kier molecular flexibility index (Phi) is 6.69. The molecule has 0 spiro atoms. The molecule has 2 aromatic rings. The third-order valence-electron chi connectivity index (χ3n) is 5.27. The van der Waals surface area contributed by atoms with Crippen LogP contribution in [0.4, 0.5) is 33.5 Å². The summed E-state index contributed by atoms with van der Waals surface area (Å²) < 4.78 is 87.6. The number of nitrogens with zero attached hydrogens (tertiary/aromatic N) is 2. The second-order valence-corrected chi connectivity index (χ2v) is 10.2. The third-order valence-corrected chi connectivity index (χ3v) is 6.43. The van der Waals surface area contributed by atoms with E-state index >= 15 is 0 Å². The van der Waals surface area contributed by atoms with Gasteiger partial charge in [-0.3, -0.25) is 4.79 Å². The summed E-state index contributed by atoms with van der Waals surface area (Å²) in [5.74, 6) is -4.05. The highest BCUT2D eigenvalue weighted by Crippen LogP contribution is 2.35. The summed E-state index contributed by atoms with van der Waals surface area (Å²) in [6.07, 6.45) is -4.51. The largest absolute Gasteiger partial charge is 0.433 e. The van der Waals surface area contributed by atoms with Gasteiger partial charge in [-0.25, -0.2) is 22.8 Å². The van der Waals surface area contributed by atoms with Gasteiger partial charge in [-0.2, -0.15) is 13.2 Å². The fourth-order valence-corrected chi connectivity index (χ4v) is 4.29. The number of halogens is 5. The van der Waals surface area contributed by atoms with Crippen molar-refractivity contribution in [3.05, 3.63) is 47.2 Å². The Morgan fingerprint density at radius 1 is 1.21 bits per heavy atom. The molecule has 1 aliphatic rings. The van der Waals surface area contributed by atoms with Crippen LogP contribution in [0.25, 0.3) is 0 Å². The number of aromatic nitrogens is 1. The molecule has 180 valence electrons. The molecule has 1 saturated heterocycles. The van der Waals surface area contributed by atoms with Gasteiger partial charge in [0.25, 0.3) is 5.91 Å². The van der Waals surface area contributed by atoms with Crippen molar-refractivity contribution in [2.45, 2.75) is 43.2 Å². The molecule has 1 amide bonds. The van der Waals surface area contributed by atoms with Gasteiger partial charge in [0.15, 0.2) is 0 Å². The van der Waals surface area contributed by atoms with Gasteiger partial charge < -0.3 is 10.2 Å². The summed E-state index contributed by atoms with van der Waals surface area (Å²) in [7, 11) is -3.06. The fraction of sp³-hybridized carbons (Fsp3) is 0.429. The smallest absolute Gasteiger partial charge is 0.356 e. The van der Waals surface area contributed by atoms with Crippen molar-refractivity contribution in [1.29, 1.82) is 4.78 Å². The minimum Gasteiger partial charge on any atom is -0.356 e. The van der Waals surface area contributed by atoms with E-state index in [-0.39, 0.29) is 47.0 Å². The third kappa shape index (κ3) is 5.98. The maximum absolute atomic E-state index is 13.8. The molecule has 1 aromatic heterocycles. The molecule has 2 heterocycles. The average Bonchev–Trinajstić information content (AvgIpc) is 2.86. The van der Waals surface area contributed by atoms with Crippen LogP contribution in [0.1, 0.15) is 40.9 Å². The van der Waals surface area contributed by atoms with Gasteiger partial charge in [0.1, 0.15) is 11.5 Å². The lowest BCUT2D eigenvalue weighted by Crippen LogP contribution is -2.31. The standard InChI is InChI=1S/C21H23F5N4O2S/c1-13-11-16(21(24,25)26)29-18(30-9-4-7-20(22,23)8-10-30)17(13)19(31)28-14-5-3-6-15(12-14)33(2,27)32/h3,5-6,11-12,27H,4,7-10H2,1-2H3,(H,28,31)/t33-/m1/s1. The van der Waals surface area contributed by atoms with E-state index in [2.05, 4.69) is 10.3 Å². The number of hydrogen-bond donors (Lipinski definition) is 2. The lowest BCUT2D eigenvalue weighted by atomic mass is 10.1. The predicted molar refractivity (Wildman–Crippen MR) is 114 cm³/mol. The number of rotatable bonds is 4. The summed E-state index contributed by atoms with van der Waals surface area (Å²) in [6, 6.07) is 6.50. The van der Waals surface area contributed by atoms with E-state index in [1.54, 1.807) is 0 Å². The number of anilines is 2. The molecule has 2 N–H and O–H groups in total. The van der Waals surface area contributed by atoms with E-state index in [4.69, 9.17) is 4.78 Å². The van der Waals surface area contributed by atoms with Crippen molar-refractivity contribution >= 4 is 27.1 Å². The molecular formula is C21H23F5N4O2S. The SMILES string of the molecule is Cc1cc(C(F)(F)F)nc(N2CCCC(F)(F)CC2)c1C(=O)Nc1cccc([S@](C)(=N)=O)c1. The number of amides is 1. The quantitative estimate of drug-likeness (QED) is 0.568. The van der Waals surface area contributed by atoms with Crippen LogP contribution in [-0.4, -0.2) is 40.4 Å². The molecule has 6 nitrogen and oxygen atoms in total. The minimum absolute atomic E-state index is 0.0169. The van der Waals surface area contributed by atoms with Crippen molar-refractivity contribution in [1.82, 2.24) is 4.98 Å². The number of pyridine rings is 1. The first-order valence-electron chi connectivity index (χ1n) is 10.0. The summed E-state index contributed by atoms with van der Waals surface area (Å²) in [6.45, 7) is 1.09. The Bertz CT molecular complexity index is 1170. The lowest BCUT2D eigenvalue weighted by molar-refractivity contribution is -0.141. The van der Waals surface area contributed by atoms with Crippen molar-refractivity contribution in [2.75, 3.05) is 29.6 Å². The average molecular weight is 490 g/mol. The van der Waals surface area contributed by atoms with Crippen LogP contribution in [-0.2, 0) is 15.9 Å². The molecule has 1 fully saturated rings. The maximum atomic E-state index is 13.8. The van der Waals surface area contributed by atoms with Gasteiger partial charge in [-0.1, -0.05) is 6.07 Å². The molecule has 33 heavy (non-hydrogen) atoms. The number of hydrogen-bond acceptors (Lipinski definition) is 5. The molecule has 0 aliphatic carbocycles. The molecule has 0 unspecified atom stereocenters. The van der Waals surface area contributed by atoms with Gasteiger partial charge in [-0.05, 0) is 43.2 Å². The van der Waals surface area contributed by atoms with E-state index in [0.29, 0.717) is 0 Å². The van der Waals surface area contributed by atoms with Crippen LogP contribution in [0.15, 0.2) is 35.2 Å². The number of carbonyl (C=O) groups is 1. The van der Waals surface area contributed by atoms with Crippen molar-refractivity contribution < 1.29 is 31.0 Å². The lowest BCUT2D eigenvalue weighted by Gasteiger charge is -2.26. The molecule has 12 heteroatoms. The molecule has 3 rings (SSSR count). The Labute approximate surface area is 188 Å². The highest BCUT2D eigenvalue weighted by atomic mass is 32.2. The number of nitrogens with one attached hydrogen (secondary N) is 2. The Morgan fingerprint density at radius 2 is 1.91 bits per heavy atom. The number of benzene rings is 1. The van der Waals surface area contributed by atoms with Gasteiger partial charge >= 0.3 is 6.18 Å². The van der Waals surface area contributed by atoms with E-state index in [1.807, 2.05) is 0 Å². The summed E-state index contributed by atoms with van der Waals surface area (Å²) in [5, 5.41) is 2.54.